The van der Waals surface area contributed by atoms with Gasteiger partial charge in [-0.3, -0.25) is 0 Å². The topological polar surface area (TPSA) is 68.2 Å². The maximum atomic E-state index is 10.0. The lowest BCUT2D eigenvalue weighted by atomic mass is 10.0. The molecule has 47 heavy (non-hydrogen) atoms. The van der Waals surface area contributed by atoms with E-state index in [4.69, 9.17) is 149 Å². The van der Waals surface area contributed by atoms with Crippen LogP contribution in [-0.4, -0.2) is 38.7 Å². The van der Waals surface area contributed by atoms with Crippen LogP contribution in [0.5, 0.6) is 23.0 Å². The Labute approximate surface area is 331 Å². The molecule has 0 radical (unpaired) electrons. The van der Waals surface area contributed by atoms with Gasteiger partial charge in [-0.2, -0.15) is 0 Å². The molecule has 4 aromatic rings. The van der Waals surface area contributed by atoms with Crippen molar-refractivity contribution in [2.24, 2.45) is 0 Å². The van der Waals surface area contributed by atoms with Gasteiger partial charge in [0.2, 0.25) is 0 Å². The van der Waals surface area contributed by atoms with Crippen LogP contribution in [0.2, 0.25) is 60.3 Å². The highest BCUT2D eigenvalue weighted by atomic mass is 35.5. The van der Waals surface area contributed by atoms with Crippen LogP contribution < -0.4 is 9.47 Å². The van der Waals surface area contributed by atoms with Gasteiger partial charge < -0.3 is 24.4 Å². The van der Waals surface area contributed by atoms with Gasteiger partial charge >= 0.3 is 0 Å². The quantitative estimate of drug-likeness (QED) is 0.189. The Kier molecular flexibility index (Phi) is 17.5. The lowest BCUT2D eigenvalue weighted by Gasteiger charge is -2.17. The SMILES string of the molecule is COC.COc1c(Cl)cc(Cl)c(Cl)c1Cc1c(Cl)c(Cl)cc(Cl)c1OC.Oc1c(Cl)cc(Cl)c(Cl)c1Cc1c(O)c(Cl)cc(Cl)c1Cl. The van der Waals surface area contributed by atoms with Crippen molar-refractivity contribution in [3.05, 3.63) is 107 Å². The van der Waals surface area contributed by atoms with Gasteiger partial charge in [-0.1, -0.05) is 139 Å². The van der Waals surface area contributed by atoms with Gasteiger partial charge in [-0.15, -0.1) is 0 Å². The Hall–Kier alpha value is -0.480. The van der Waals surface area contributed by atoms with Crippen molar-refractivity contribution in [3.63, 3.8) is 0 Å². The van der Waals surface area contributed by atoms with Crippen LogP contribution in [0.25, 0.3) is 0 Å². The summed E-state index contributed by atoms with van der Waals surface area (Å²) in [6, 6.07) is 5.66. The molecule has 0 atom stereocenters. The third kappa shape index (κ3) is 10.3. The average Bonchev–Trinajstić information content (AvgIpc) is 3.00. The Morgan fingerprint density at radius 2 is 0.638 bits per heavy atom. The van der Waals surface area contributed by atoms with Crippen LogP contribution in [0.3, 0.4) is 0 Å². The zero-order valence-corrected chi connectivity index (χ0v) is 33.4. The van der Waals surface area contributed by atoms with Crippen LogP contribution in [0.15, 0.2) is 24.3 Å². The number of rotatable bonds is 6. The fourth-order valence-electron chi connectivity index (χ4n) is 3.96. The minimum Gasteiger partial charge on any atom is -0.506 e. The van der Waals surface area contributed by atoms with Gasteiger partial charge in [0.05, 0.1) is 74.5 Å². The summed E-state index contributed by atoms with van der Waals surface area (Å²) in [6.07, 6.45) is 0.181. The van der Waals surface area contributed by atoms with Gasteiger partial charge in [-0.05, 0) is 24.3 Å². The predicted octanol–water partition coefficient (Wildman–Crippen LogP) is 14.1. The summed E-state index contributed by atoms with van der Waals surface area (Å²) in [7, 11) is 6.22. The van der Waals surface area contributed by atoms with Gasteiger partial charge in [-0.25, -0.2) is 0 Å². The minimum atomic E-state index is -0.252. The largest absolute Gasteiger partial charge is 0.506 e. The molecule has 17 heteroatoms. The molecule has 0 saturated heterocycles. The van der Waals surface area contributed by atoms with E-state index in [0.29, 0.717) is 52.8 Å². The fourth-order valence-corrected chi connectivity index (χ4v) is 6.96. The highest BCUT2D eigenvalue weighted by Gasteiger charge is 2.23. The molecule has 2 N–H and O–H groups in total. The van der Waals surface area contributed by atoms with E-state index in [1.165, 1.54) is 38.5 Å². The first-order valence-corrected chi connectivity index (χ1v) is 17.0. The molecule has 0 bridgehead atoms. The van der Waals surface area contributed by atoms with Crippen molar-refractivity contribution >= 4 is 139 Å². The van der Waals surface area contributed by atoms with Crippen LogP contribution in [0.1, 0.15) is 22.3 Å². The highest BCUT2D eigenvalue weighted by Crippen LogP contribution is 2.46. The molecule has 4 aromatic carbocycles. The van der Waals surface area contributed by atoms with Crippen molar-refractivity contribution in [2.45, 2.75) is 12.8 Å². The number of hydrogen-bond acceptors (Lipinski definition) is 5. The molecule has 0 amide bonds. The number of halogens is 12. The number of hydrogen-bond donors (Lipinski definition) is 2. The molecule has 0 spiro atoms. The Morgan fingerprint density at radius 1 is 0.404 bits per heavy atom. The minimum absolute atomic E-state index is 0.0307. The van der Waals surface area contributed by atoms with E-state index in [1.54, 1.807) is 14.2 Å². The lowest BCUT2D eigenvalue weighted by molar-refractivity contribution is 0.277. The Morgan fingerprint density at radius 3 is 0.915 bits per heavy atom. The monoisotopic (exact) mass is 882 g/mol. The zero-order valence-electron chi connectivity index (χ0n) is 24.4. The van der Waals surface area contributed by atoms with Crippen LogP contribution in [0.4, 0.5) is 0 Å². The maximum Gasteiger partial charge on any atom is 0.142 e. The van der Waals surface area contributed by atoms with E-state index in [0.717, 1.165) is 0 Å². The number of methoxy groups -OCH3 is 3. The van der Waals surface area contributed by atoms with Crippen molar-refractivity contribution in [1.29, 1.82) is 0 Å². The molecule has 0 saturated carbocycles. The number of ether oxygens (including phenoxy) is 3. The van der Waals surface area contributed by atoms with Gasteiger partial charge in [0.25, 0.3) is 0 Å². The molecule has 0 heterocycles. The summed E-state index contributed by atoms with van der Waals surface area (Å²) in [4.78, 5) is 0. The highest BCUT2D eigenvalue weighted by molar-refractivity contribution is 6.46. The van der Waals surface area contributed by atoms with Crippen molar-refractivity contribution in [1.82, 2.24) is 0 Å². The van der Waals surface area contributed by atoms with Gasteiger partial charge in [0.1, 0.15) is 23.0 Å². The van der Waals surface area contributed by atoms with Crippen LogP contribution >= 0.6 is 139 Å². The molecule has 0 fully saturated rings. The van der Waals surface area contributed by atoms with E-state index in [1.807, 2.05) is 0 Å². The molecular formula is C30H22Cl12O5. The standard InChI is InChI=1S/C15H10Cl6O2.C13H6Cl6O2.C2H6O/c1-22-14-6(12(20)8(16)4-10(14)18)3-7-13(21)9(17)5-11(19)15(7)23-2;14-6-2-8(16)12(20)4(10(6)18)1-5-11(19)7(15)3-9(17)13(5)21;1-3-2/h4-5H,3H2,1-2H3;2-3,20-21H,1H2;1-2H3. The molecule has 0 aliphatic carbocycles. The lowest BCUT2D eigenvalue weighted by Crippen LogP contribution is -2.01. The summed E-state index contributed by atoms with van der Waals surface area (Å²) >= 11 is 72.8. The smallest absolute Gasteiger partial charge is 0.142 e. The molecule has 0 unspecified atom stereocenters. The van der Waals surface area contributed by atoms with E-state index in [2.05, 4.69) is 4.74 Å². The molecule has 0 aliphatic heterocycles. The Bertz CT molecular complexity index is 1590. The van der Waals surface area contributed by atoms with Crippen molar-refractivity contribution < 1.29 is 24.4 Å². The number of aromatic hydroxyl groups is 2. The number of phenolic OH excluding ortho intramolecular Hbond substituents is 2. The van der Waals surface area contributed by atoms with E-state index < -0.39 is 0 Å². The summed E-state index contributed by atoms with van der Waals surface area (Å²) in [6.45, 7) is 0. The first kappa shape index (κ1) is 42.7. The third-order valence-electron chi connectivity index (χ3n) is 6.03. The molecule has 4 rings (SSSR count). The van der Waals surface area contributed by atoms with Gasteiger partial charge in [0.15, 0.2) is 0 Å². The van der Waals surface area contributed by atoms with Crippen molar-refractivity contribution in [3.8, 4) is 23.0 Å². The van der Waals surface area contributed by atoms with Gasteiger partial charge in [0, 0.05) is 49.3 Å². The Balaban J connectivity index is 0.000000303. The third-order valence-corrected chi connectivity index (χ3v) is 10.5. The van der Waals surface area contributed by atoms with E-state index in [9.17, 15) is 10.2 Å². The molecule has 5 nitrogen and oxygen atoms in total. The second-order valence-corrected chi connectivity index (χ2v) is 13.8. The zero-order chi connectivity index (χ0) is 35.9. The van der Waals surface area contributed by atoms with E-state index in [-0.39, 0.29) is 65.6 Å². The van der Waals surface area contributed by atoms with Crippen LogP contribution in [0, 0.1) is 0 Å². The second-order valence-electron chi connectivity index (χ2n) is 9.06. The summed E-state index contributed by atoms with van der Waals surface area (Å²) in [5.74, 6) is 0.292. The number of phenols is 2. The predicted molar refractivity (Wildman–Crippen MR) is 201 cm³/mol. The van der Waals surface area contributed by atoms with E-state index >= 15 is 0 Å². The number of benzene rings is 4. The molecular weight excluding hydrogens is 866 g/mol. The normalized spacial score (nSPS) is 10.6. The maximum absolute atomic E-state index is 10.0. The second kappa shape index (κ2) is 19.2. The summed E-state index contributed by atoms with van der Waals surface area (Å²) in [5, 5.41) is 22.5. The first-order valence-electron chi connectivity index (χ1n) is 12.5. The molecule has 256 valence electrons. The van der Waals surface area contributed by atoms with Crippen LogP contribution in [-0.2, 0) is 17.6 Å². The average molecular weight is 888 g/mol. The fraction of sp³-hybridized carbons (Fsp3) is 0.200. The molecule has 0 aromatic heterocycles. The van der Waals surface area contributed by atoms with Crippen molar-refractivity contribution in [2.75, 3.05) is 28.4 Å². The first-order chi connectivity index (χ1) is 22.0. The summed E-state index contributed by atoms with van der Waals surface area (Å²) in [5.41, 5.74) is 1.55. The molecule has 0 aliphatic rings. The summed E-state index contributed by atoms with van der Waals surface area (Å²) < 4.78 is 14.9.